The summed E-state index contributed by atoms with van der Waals surface area (Å²) in [5, 5.41) is 3.03. The van der Waals surface area contributed by atoms with Gasteiger partial charge >= 0.3 is 5.97 Å². The molecule has 72 valence electrons. The van der Waals surface area contributed by atoms with Crippen molar-refractivity contribution in [1.29, 1.82) is 0 Å². The number of carbonyl (C=O) groups is 1. The minimum absolute atomic E-state index is 0.208. The molecule has 0 radical (unpaired) electrons. The molecule has 0 aliphatic heterocycles. The van der Waals surface area contributed by atoms with Gasteiger partial charge in [-0.15, -0.1) is 0 Å². The third-order valence-corrected chi connectivity index (χ3v) is 2.26. The van der Waals surface area contributed by atoms with Gasteiger partial charge in [0.15, 0.2) is 0 Å². The molecule has 0 spiro atoms. The lowest BCUT2D eigenvalue weighted by Crippen LogP contribution is -2.37. The van der Waals surface area contributed by atoms with E-state index in [1.54, 1.807) is 11.8 Å². The van der Waals surface area contributed by atoms with E-state index in [4.69, 9.17) is 0 Å². The van der Waals surface area contributed by atoms with Crippen LogP contribution in [-0.4, -0.2) is 30.6 Å². The van der Waals surface area contributed by atoms with Crippen molar-refractivity contribution < 1.29 is 8.98 Å². The Morgan fingerprint density at radius 1 is 1.75 bits per heavy atom. The number of thioether (sulfide) groups is 1. The highest BCUT2D eigenvalue weighted by Gasteiger charge is 2.16. The van der Waals surface area contributed by atoms with Crippen LogP contribution in [0.4, 0.5) is 0 Å². The molecule has 0 saturated heterocycles. The van der Waals surface area contributed by atoms with E-state index in [0.29, 0.717) is 0 Å². The third kappa shape index (κ3) is 4.90. The van der Waals surface area contributed by atoms with Gasteiger partial charge in [0, 0.05) is 12.9 Å². The number of carbonyl (C=O) groups excluding carboxylic acids is 1. The average molecular weight is 209 g/mol. The van der Waals surface area contributed by atoms with Crippen LogP contribution in [0.15, 0.2) is 0 Å². The molecule has 5 heteroatoms. The van der Waals surface area contributed by atoms with E-state index in [9.17, 15) is 4.79 Å². The summed E-state index contributed by atoms with van der Waals surface area (Å²) >= 11 is 5.18. The molecule has 0 rings (SSSR count). The average Bonchev–Trinajstić information content (AvgIpc) is 2.11. The standard InChI is InChI=1S/C7H15NO2S2/c1-3-8-6(4-5-12-2)7(9)10-11/h6,8,11H,3-5H2,1-2H3/t6-/m0/s1. The van der Waals surface area contributed by atoms with Gasteiger partial charge in [0.25, 0.3) is 0 Å². The van der Waals surface area contributed by atoms with Gasteiger partial charge in [-0.3, -0.25) is 0 Å². The molecule has 12 heavy (non-hydrogen) atoms. The highest BCUT2D eigenvalue weighted by molar-refractivity contribution is 7.98. The molecule has 0 aliphatic carbocycles. The minimum atomic E-state index is -0.297. The molecule has 1 N–H and O–H groups in total. The first-order valence-corrected chi connectivity index (χ1v) is 5.59. The zero-order valence-electron chi connectivity index (χ0n) is 7.37. The van der Waals surface area contributed by atoms with Crippen LogP contribution in [0.3, 0.4) is 0 Å². The number of hydrogen-bond acceptors (Lipinski definition) is 5. The SMILES string of the molecule is CCN[C@@H](CCSC)C(=O)OS. The molecule has 3 nitrogen and oxygen atoms in total. The van der Waals surface area contributed by atoms with Crippen molar-refractivity contribution in [3.8, 4) is 0 Å². The molecule has 0 unspecified atom stereocenters. The van der Waals surface area contributed by atoms with E-state index in [1.807, 2.05) is 13.2 Å². The van der Waals surface area contributed by atoms with Crippen molar-refractivity contribution in [2.24, 2.45) is 0 Å². The molecule has 0 amide bonds. The van der Waals surface area contributed by atoms with Gasteiger partial charge in [-0.1, -0.05) is 6.92 Å². The highest BCUT2D eigenvalue weighted by atomic mass is 32.2. The molecule has 0 saturated carbocycles. The van der Waals surface area contributed by atoms with E-state index in [-0.39, 0.29) is 12.0 Å². The maximum absolute atomic E-state index is 11.0. The fourth-order valence-corrected chi connectivity index (χ4v) is 1.45. The molecular weight excluding hydrogens is 194 g/mol. The van der Waals surface area contributed by atoms with Crippen molar-refractivity contribution in [3.05, 3.63) is 0 Å². The number of rotatable bonds is 6. The molecular formula is C7H15NO2S2. The molecule has 1 atom stereocenters. The second kappa shape index (κ2) is 7.76. The van der Waals surface area contributed by atoms with Gasteiger partial charge in [0.1, 0.15) is 6.04 Å². The topological polar surface area (TPSA) is 38.3 Å². The molecule has 0 fully saturated rings. The Hall–Kier alpha value is 0.130. The number of hydrogen-bond donors (Lipinski definition) is 2. The van der Waals surface area contributed by atoms with Crippen LogP contribution >= 0.6 is 24.7 Å². The van der Waals surface area contributed by atoms with Crippen LogP contribution in [-0.2, 0) is 8.98 Å². The Morgan fingerprint density at radius 3 is 2.83 bits per heavy atom. The second-order valence-electron chi connectivity index (χ2n) is 2.30. The zero-order valence-corrected chi connectivity index (χ0v) is 9.08. The highest BCUT2D eigenvalue weighted by Crippen LogP contribution is 2.03. The first-order valence-electron chi connectivity index (χ1n) is 3.83. The Bertz CT molecular complexity index is 133. The van der Waals surface area contributed by atoms with Gasteiger partial charge in [-0.05, 0) is 25.0 Å². The molecule has 0 aromatic heterocycles. The first-order chi connectivity index (χ1) is 5.76. The summed E-state index contributed by atoms with van der Waals surface area (Å²) in [4.78, 5) is 11.0. The van der Waals surface area contributed by atoms with E-state index >= 15 is 0 Å². The molecule has 0 aromatic rings. The van der Waals surface area contributed by atoms with Gasteiger partial charge in [-0.2, -0.15) is 11.8 Å². The van der Waals surface area contributed by atoms with Crippen molar-refractivity contribution in [2.75, 3.05) is 18.6 Å². The third-order valence-electron chi connectivity index (χ3n) is 1.44. The number of thiol groups is 1. The maximum atomic E-state index is 11.0. The fraction of sp³-hybridized carbons (Fsp3) is 0.857. The van der Waals surface area contributed by atoms with Crippen molar-refractivity contribution in [3.63, 3.8) is 0 Å². The summed E-state index contributed by atoms with van der Waals surface area (Å²) in [5.41, 5.74) is 0. The van der Waals surface area contributed by atoms with Crippen LogP contribution < -0.4 is 5.32 Å². The lowest BCUT2D eigenvalue weighted by molar-refractivity contribution is -0.135. The summed E-state index contributed by atoms with van der Waals surface area (Å²) in [6, 6.07) is -0.208. The Labute approximate surface area is 83.2 Å². The van der Waals surface area contributed by atoms with Gasteiger partial charge in [-0.25, -0.2) is 4.79 Å². The zero-order chi connectivity index (χ0) is 9.40. The predicted molar refractivity (Wildman–Crippen MR) is 55.5 cm³/mol. The molecule has 0 heterocycles. The largest absolute Gasteiger partial charge is 0.393 e. The minimum Gasteiger partial charge on any atom is -0.393 e. The fourth-order valence-electron chi connectivity index (χ4n) is 0.849. The van der Waals surface area contributed by atoms with E-state index in [1.165, 1.54) is 0 Å². The van der Waals surface area contributed by atoms with Crippen LogP contribution in [0.2, 0.25) is 0 Å². The summed E-state index contributed by atoms with van der Waals surface area (Å²) in [5.74, 6) is 0.648. The lowest BCUT2D eigenvalue weighted by Gasteiger charge is -2.13. The first kappa shape index (κ1) is 12.1. The van der Waals surface area contributed by atoms with Crippen LogP contribution in [0.25, 0.3) is 0 Å². The summed E-state index contributed by atoms with van der Waals surface area (Å²) in [6.07, 6.45) is 2.80. The Balaban J connectivity index is 3.76. The van der Waals surface area contributed by atoms with Gasteiger partial charge in [0.05, 0.1) is 0 Å². The summed E-state index contributed by atoms with van der Waals surface area (Å²) < 4.78 is 4.35. The molecule has 0 bridgehead atoms. The van der Waals surface area contributed by atoms with E-state index < -0.39 is 0 Å². The second-order valence-corrected chi connectivity index (χ2v) is 3.47. The Kier molecular flexibility index (Phi) is 7.85. The van der Waals surface area contributed by atoms with Crippen LogP contribution in [0.1, 0.15) is 13.3 Å². The quantitative estimate of drug-likeness (QED) is 0.507. The van der Waals surface area contributed by atoms with Crippen molar-refractivity contribution in [1.82, 2.24) is 5.32 Å². The molecule has 0 aromatic carbocycles. The van der Waals surface area contributed by atoms with Crippen LogP contribution in [0.5, 0.6) is 0 Å². The predicted octanol–water partition coefficient (Wildman–Crippen LogP) is 1.11. The van der Waals surface area contributed by atoms with Crippen molar-refractivity contribution >= 4 is 30.6 Å². The number of likely N-dealkylation sites (N-methyl/N-ethyl adjacent to an activating group) is 1. The smallest absolute Gasteiger partial charge is 0.334 e. The Morgan fingerprint density at radius 2 is 2.42 bits per heavy atom. The number of nitrogens with one attached hydrogen (secondary N) is 1. The normalized spacial score (nSPS) is 12.6. The summed E-state index contributed by atoms with van der Waals surface area (Å²) in [6.45, 7) is 2.72. The monoisotopic (exact) mass is 209 g/mol. The molecule has 0 aliphatic rings. The van der Waals surface area contributed by atoms with Gasteiger partial charge < -0.3 is 9.50 Å². The van der Waals surface area contributed by atoms with E-state index in [0.717, 1.165) is 18.7 Å². The van der Waals surface area contributed by atoms with Crippen molar-refractivity contribution in [2.45, 2.75) is 19.4 Å². The van der Waals surface area contributed by atoms with Crippen LogP contribution in [0, 0.1) is 0 Å². The summed E-state index contributed by atoms with van der Waals surface area (Å²) in [7, 11) is 0. The lowest BCUT2D eigenvalue weighted by atomic mass is 10.2. The van der Waals surface area contributed by atoms with E-state index in [2.05, 4.69) is 22.4 Å². The maximum Gasteiger partial charge on any atom is 0.334 e. The van der Waals surface area contributed by atoms with Gasteiger partial charge in [0.2, 0.25) is 0 Å².